The van der Waals surface area contributed by atoms with Crippen molar-refractivity contribution in [2.45, 2.75) is 43.8 Å². The fraction of sp³-hybridized carbons (Fsp3) is 0.438. The zero-order valence-corrected chi connectivity index (χ0v) is 13.5. The van der Waals surface area contributed by atoms with E-state index in [0.717, 1.165) is 12.8 Å². The number of fused-ring (bicyclic) bond motifs is 2. The summed E-state index contributed by atoms with van der Waals surface area (Å²) >= 11 is 0. The van der Waals surface area contributed by atoms with Crippen LogP contribution >= 0.6 is 0 Å². The van der Waals surface area contributed by atoms with E-state index in [1.165, 1.54) is 35.9 Å². The van der Waals surface area contributed by atoms with Gasteiger partial charge in [0.1, 0.15) is 0 Å². The number of nitrogens with zero attached hydrogens (tertiary/aromatic N) is 4. The number of nitrogens with one attached hydrogen (secondary N) is 2. The van der Waals surface area contributed by atoms with E-state index in [9.17, 15) is 14.9 Å². The fourth-order valence-corrected chi connectivity index (χ4v) is 3.68. The van der Waals surface area contributed by atoms with Crippen LogP contribution in [0.4, 0.5) is 5.69 Å². The van der Waals surface area contributed by atoms with Crippen molar-refractivity contribution < 1.29 is 9.72 Å². The monoisotopic (exact) mass is 342 g/mol. The molecule has 2 aliphatic rings. The topological polar surface area (TPSA) is 115 Å². The molecule has 1 amide bonds. The van der Waals surface area contributed by atoms with Crippen molar-refractivity contribution in [1.82, 2.24) is 25.6 Å². The molecule has 2 fully saturated rings. The van der Waals surface area contributed by atoms with Crippen molar-refractivity contribution in [3.05, 3.63) is 46.3 Å². The van der Waals surface area contributed by atoms with Crippen molar-refractivity contribution in [2.24, 2.45) is 0 Å². The highest BCUT2D eigenvalue weighted by molar-refractivity contribution is 5.92. The van der Waals surface area contributed by atoms with Gasteiger partial charge in [0.25, 0.3) is 11.6 Å². The number of hydrogen-bond donors (Lipinski definition) is 2. The summed E-state index contributed by atoms with van der Waals surface area (Å²) in [7, 11) is 0. The molecule has 2 N–H and O–H groups in total. The van der Waals surface area contributed by atoms with Gasteiger partial charge < -0.3 is 10.6 Å². The molecule has 130 valence electrons. The molecule has 0 spiro atoms. The van der Waals surface area contributed by atoms with Crippen LogP contribution in [0.1, 0.15) is 36.2 Å². The predicted octanol–water partition coefficient (Wildman–Crippen LogP) is 1.19. The van der Waals surface area contributed by atoms with E-state index in [4.69, 9.17) is 0 Å². The first-order valence-electron chi connectivity index (χ1n) is 8.32. The van der Waals surface area contributed by atoms with Crippen molar-refractivity contribution >= 4 is 11.6 Å². The van der Waals surface area contributed by atoms with Crippen LogP contribution in [0.5, 0.6) is 0 Å². The van der Waals surface area contributed by atoms with Gasteiger partial charge in [-0.1, -0.05) is 11.3 Å². The minimum atomic E-state index is -0.473. The molecule has 2 aromatic rings. The van der Waals surface area contributed by atoms with Crippen molar-refractivity contribution in [3.8, 4) is 5.69 Å². The summed E-state index contributed by atoms with van der Waals surface area (Å²) in [6.45, 7) is 0. The second kappa shape index (κ2) is 6.25. The Labute approximate surface area is 143 Å². The number of carbonyl (C=O) groups excluding carboxylic acids is 1. The van der Waals surface area contributed by atoms with Crippen LogP contribution in [0.15, 0.2) is 30.5 Å². The Hall–Kier alpha value is -2.81. The summed E-state index contributed by atoms with van der Waals surface area (Å²) in [5.74, 6) is -0.261. The van der Waals surface area contributed by atoms with E-state index in [0.29, 0.717) is 17.8 Å². The molecule has 2 unspecified atom stereocenters. The molecule has 9 nitrogen and oxygen atoms in total. The Bertz CT molecular complexity index is 808. The van der Waals surface area contributed by atoms with E-state index < -0.39 is 4.92 Å². The van der Waals surface area contributed by atoms with E-state index >= 15 is 0 Å². The van der Waals surface area contributed by atoms with Crippen LogP contribution in [-0.4, -0.2) is 43.9 Å². The lowest BCUT2D eigenvalue weighted by Crippen LogP contribution is -2.48. The Balaban J connectivity index is 1.46. The second-order valence-electron chi connectivity index (χ2n) is 6.60. The van der Waals surface area contributed by atoms with E-state index in [2.05, 4.69) is 20.9 Å². The molecule has 4 rings (SSSR count). The number of non-ortho nitro benzene ring substituents is 1. The summed E-state index contributed by atoms with van der Waals surface area (Å²) in [6.07, 6.45) is 5.69. The molecule has 1 aromatic carbocycles. The van der Waals surface area contributed by atoms with Gasteiger partial charge in [0.05, 0.1) is 16.8 Å². The van der Waals surface area contributed by atoms with E-state index in [1.807, 2.05) is 0 Å². The normalized spacial score (nSPS) is 24.9. The summed E-state index contributed by atoms with van der Waals surface area (Å²) in [5, 5.41) is 25.2. The number of piperidine rings is 1. The van der Waals surface area contributed by atoms with Crippen molar-refractivity contribution in [3.63, 3.8) is 0 Å². The average Bonchev–Trinajstić information content (AvgIpc) is 3.22. The maximum absolute atomic E-state index is 12.4. The van der Waals surface area contributed by atoms with Crippen molar-refractivity contribution in [1.29, 1.82) is 0 Å². The average molecular weight is 342 g/mol. The highest BCUT2D eigenvalue weighted by Gasteiger charge is 2.34. The third-order valence-electron chi connectivity index (χ3n) is 4.84. The van der Waals surface area contributed by atoms with Gasteiger partial charge in [-0.2, -0.15) is 0 Å². The third kappa shape index (κ3) is 3.22. The molecular formula is C16H18N6O3. The summed E-state index contributed by atoms with van der Waals surface area (Å²) in [4.78, 5) is 22.8. The number of nitro groups is 1. The predicted molar refractivity (Wildman–Crippen MR) is 88.4 cm³/mol. The van der Waals surface area contributed by atoms with Crippen LogP contribution in [0.3, 0.4) is 0 Å². The lowest BCUT2D eigenvalue weighted by molar-refractivity contribution is -0.384. The maximum Gasteiger partial charge on any atom is 0.273 e. The summed E-state index contributed by atoms with van der Waals surface area (Å²) in [6, 6.07) is 7.16. The van der Waals surface area contributed by atoms with E-state index in [1.54, 1.807) is 12.1 Å². The highest BCUT2D eigenvalue weighted by Crippen LogP contribution is 2.26. The first kappa shape index (κ1) is 15.7. The lowest BCUT2D eigenvalue weighted by Gasteiger charge is -2.29. The number of aromatic nitrogens is 3. The number of rotatable bonds is 4. The minimum absolute atomic E-state index is 0.0378. The smallest absolute Gasteiger partial charge is 0.273 e. The van der Waals surface area contributed by atoms with Crippen LogP contribution in [0.2, 0.25) is 0 Å². The molecule has 25 heavy (non-hydrogen) atoms. The SMILES string of the molecule is O=C(NC1CC2CCC(C1)N2)c1cn(-c2cccc([N+](=O)[O-])c2)nn1. The molecular weight excluding hydrogens is 324 g/mol. The quantitative estimate of drug-likeness (QED) is 0.637. The second-order valence-corrected chi connectivity index (χ2v) is 6.60. The van der Waals surface area contributed by atoms with Gasteiger partial charge in [-0.25, -0.2) is 4.68 Å². The molecule has 9 heteroatoms. The largest absolute Gasteiger partial charge is 0.348 e. The van der Waals surface area contributed by atoms with Gasteiger partial charge in [-0.15, -0.1) is 5.10 Å². The van der Waals surface area contributed by atoms with Crippen LogP contribution in [-0.2, 0) is 0 Å². The molecule has 0 saturated carbocycles. The molecule has 2 bridgehead atoms. The maximum atomic E-state index is 12.4. The van der Waals surface area contributed by atoms with Crippen LogP contribution < -0.4 is 10.6 Å². The Morgan fingerprint density at radius 2 is 2.08 bits per heavy atom. The summed E-state index contributed by atoms with van der Waals surface area (Å²) in [5.41, 5.74) is 0.655. The molecule has 0 aliphatic carbocycles. The minimum Gasteiger partial charge on any atom is -0.348 e. The van der Waals surface area contributed by atoms with Crippen LogP contribution in [0.25, 0.3) is 5.69 Å². The fourth-order valence-electron chi connectivity index (χ4n) is 3.68. The zero-order chi connectivity index (χ0) is 17.4. The van der Waals surface area contributed by atoms with Gasteiger partial charge in [-0.3, -0.25) is 14.9 Å². The molecule has 1 aromatic heterocycles. The van der Waals surface area contributed by atoms with Gasteiger partial charge in [0.2, 0.25) is 0 Å². The standard InChI is InChI=1S/C16H18N6O3/c23-16(18-12-6-10-4-5-11(7-12)17-10)15-9-21(20-19-15)13-2-1-3-14(8-13)22(24)25/h1-3,8-12,17H,4-7H2,(H,18,23). The summed E-state index contributed by atoms with van der Waals surface area (Å²) < 4.78 is 1.37. The lowest BCUT2D eigenvalue weighted by atomic mass is 10.00. The van der Waals surface area contributed by atoms with Gasteiger partial charge in [-0.05, 0) is 31.7 Å². The Morgan fingerprint density at radius 1 is 1.32 bits per heavy atom. The Kier molecular flexibility index (Phi) is 3.92. The highest BCUT2D eigenvalue weighted by atomic mass is 16.6. The molecule has 2 aliphatic heterocycles. The first-order valence-corrected chi connectivity index (χ1v) is 8.32. The number of amides is 1. The zero-order valence-electron chi connectivity index (χ0n) is 13.5. The first-order chi connectivity index (χ1) is 12.1. The molecule has 3 heterocycles. The van der Waals surface area contributed by atoms with Crippen LogP contribution in [0, 0.1) is 10.1 Å². The number of hydrogen-bond acceptors (Lipinski definition) is 6. The van der Waals surface area contributed by atoms with Gasteiger partial charge >= 0.3 is 0 Å². The van der Waals surface area contributed by atoms with Gasteiger partial charge in [0, 0.05) is 30.3 Å². The number of nitro benzene ring substituents is 1. The molecule has 0 radical (unpaired) electrons. The number of carbonyl (C=O) groups is 1. The molecule has 2 saturated heterocycles. The van der Waals surface area contributed by atoms with Crippen molar-refractivity contribution in [2.75, 3.05) is 0 Å². The Morgan fingerprint density at radius 3 is 2.80 bits per heavy atom. The number of benzene rings is 1. The van der Waals surface area contributed by atoms with Gasteiger partial charge in [0.15, 0.2) is 5.69 Å². The molecule has 2 atom stereocenters. The van der Waals surface area contributed by atoms with E-state index in [-0.39, 0.29) is 23.3 Å². The third-order valence-corrected chi connectivity index (χ3v) is 4.84.